The van der Waals surface area contributed by atoms with E-state index in [-0.39, 0.29) is 50.2 Å². The zero-order valence-corrected chi connectivity index (χ0v) is 17.1. The van der Waals surface area contributed by atoms with Crippen molar-refractivity contribution in [1.29, 1.82) is 5.26 Å². The Bertz CT molecular complexity index is 930. The molecule has 2 atom stereocenters. The Morgan fingerprint density at radius 1 is 1.33 bits per heavy atom. The minimum atomic E-state index is -0.522. The van der Waals surface area contributed by atoms with Crippen LogP contribution in [-0.4, -0.2) is 15.5 Å². The van der Waals surface area contributed by atoms with E-state index in [0.29, 0.717) is 0 Å². The first-order chi connectivity index (χ1) is 12.6. The van der Waals surface area contributed by atoms with Gasteiger partial charge in [-0.1, -0.05) is 49.9 Å². The number of hydrogen-bond donors (Lipinski definition) is 1. The minimum absolute atomic E-state index is 0.0673. The highest BCUT2D eigenvalue weighted by Gasteiger charge is 2.61. The largest absolute Gasteiger partial charge is 0.494 e. The van der Waals surface area contributed by atoms with E-state index in [0.717, 1.165) is 25.7 Å². The molecule has 144 valence electrons. The lowest BCUT2D eigenvalue weighted by Gasteiger charge is -2.20. The number of carbonyl (C=O) groups excluding carboxylic acids is 1. The lowest BCUT2D eigenvalue weighted by molar-refractivity contribution is 0.0945. The summed E-state index contributed by atoms with van der Waals surface area (Å²) >= 11 is 11.6. The van der Waals surface area contributed by atoms with Crippen molar-refractivity contribution >= 4 is 29.0 Å². The highest BCUT2D eigenvalue weighted by molar-refractivity contribution is 6.55. The third kappa shape index (κ3) is 3.19. The number of pyridine rings is 1. The molecule has 0 bridgehead atoms. The van der Waals surface area contributed by atoms with Crippen molar-refractivity contribution in [3.8, 4) is 11.9 Å². The average Bonchev–Trinajstić information content (AvgIpc) is 2.91. The molecule has 27 heavy (non-hydrogen) atoms. The third-order valence-corrected chi connectivity index (χ3v) is 6.43. The Balaban J connectivity index is 2.15. The Hall–Kier alpha value is -1.77. The monoisotopic (exact) mass is 408 g/mol. The number of nitrogens with zero attached hydrogens (tertiary/aromatic N) is 2. The van der Waals surface area contributed by atoms with Crippen LogP contribution in [0.3, 0.4) is 0 Å². The molecule has 1 N–H and O–H groups in total. The van der Waals surface area contributed by atoms with E-state index in [2.05, 4.69) is 0 Å². The van der Waals surface area contributed by atoms with Crippen molar-refractivity contribution in [1.82, 2.24) is 4.57 Å². The van der Waals surface area contributed by atoms with Crippen LogP contribution in [0.4, 0.5) is 0 Å². The molecule has 0 radical (unpaired) electrons. The van der Waals surface area contributed by atoms with Crippen LogP contribution in [0.1, 0.15) is 67.1 Å². The second-order valence-corrected chi connectivity index (χ2v) is 9.08. The summed E-state index contributed by atoms with van der Waals surface area (Å²) in [5.41, 5.74) is -0.666. The number of Topliss-reactive ketones (excluding diaryl/α,β-unsaturated/α-hetero) is 1. The standard InChI is InChI=1S/C20H22Cl2N2O3/c1-10-12(9-23)18(26)24(11-6-4-5-7-11)19(27)15(10)17(25)16-13(8-14(21)22)20(16,2)3/h8,11,13,16,27H,4-7H2,1-3H3. The molecule has 0 aliphatic heterocycles. The lowest BCUT2D eigenvalue weighted by atomic mass is 9.95. The van der Waals surface area contributed by atoms with Gasteiger partial charge in [0.25, 0.3) is 5.56 Å². The predicted molar refractivity (Wildman–Crippen MR) is 104 cm³/mol. The number of aromatic nitrogens is 1. The highest BCUT2D eigenvalue weighted by Crippen LogP contribution is 2.61. The van der Waals surface area contributed by atoms with Gasteiger partial charge in [0.05, 0.1) is 5.56 Å². The van der Waals surface area contributed by atoms with Gasteiger partial charge in [0, 0.05) is 12.0 Å². The van der Waals surface area contributed by atoms with Crippen LogP contribution in [0.25, 0.3) is 0 Å². The topological polar surface area (TPSA) is 83.1 Å². The molecule has 0 aromatic carbocycles. The van der Waals surface area contributed by atoms with E-state index in [4.69, 9.17) is 23.2 Å². The molecule has 2 unspecified atom stereocenters. The second-order valence-electron chi connectivity index (χ2n) is 8.07. The molecule has 2 aliphatic carbocycles. The quantitative estimate of drug-likeness (QED) is 0.736. The highest BCUT2D eigenvalue weighted by atomic mass is 35.5. The van der Waals surface area contributed by atoms with E-state index in [1.807, 2.05) is 19.9 Å². The van der Waals surface area contributed by atoms with Gasteiger partial charge in [0.1, 0.15) is 16.1 Å². The van der Waals surface area contributed by atoms with Gasteiger partial charge in [-0.25, -0.2) is 0 Å². The summed E-state index contributed by atoms with van der Waals surface area (Å²) in [4.78, 5) is 26.1. The van der Waals surface area contributed by atoms with Gasteiger partial charge in [0.2, 0.25) is 5.88 Å². The first kappa shape index (κ1) is 20.0. The molecule has 3 rings (SSSR count). The zero-order valence-electron chi connectivity index (χ0n) is 15.6. The van der Waals surface area contributed by atoms with Crippen LogP contribution in [0.5, 0.6) is 5.88 Å². The van der Waals surface area contributed by atoms with Crippen LogP contribution in [0.15, 0.2) is 15.4 Å². The van der Waals surface area contributed by atoms with Gasteiger partial charge in [-0.05, 0) is 42.7 Å². The Morgan fingerprint density at radius 3 is 2.44 bits per heavy atom. The van der Waals surface area contributed by atoms with Crippen molar-refractivity contribution in [2.45, 2.75) is 52.5 Å². The number of hydrogen-bond acceptors (Lipinski definition) is 4. The molecule has 1 aromatic heterocycles. The third-order valence-electron chi connectivity index (χ3n) is 6.18. The number of halogens is 2. The van der Waals surface area contributed by atoms with E-state index in [1.165, 1.54) is 4.57 Å². The van der Waals surface area contributed by atoms with Crippen molar-refractivity contribution in [3.63, 3.8) is 0 Å². The van der Waals surface area contributed by atoms with E-state index in [1.54, 1.807) is 13.0 Å². The number of ketones is 1. The zero-order chi connectivity index (χ0) is 20.1. The Morgan fingerprint density at radius 2 is 1.93 bits per heavy atom. The van der Waals surface area contributed by atoms with E-state index < -0.39 is 11.5 Å². The molecule has 0 amide bonds. The molecule has 2 saturated carbocycles. The van der Waals surface area contributed by atoms with Gasteiger partial charge in [0.15, 0.2) is 5.78 Å². The predicted octanol–water partition coefficient (Wildman–Crippen LogP) is 4.62. The van der Waals surface area contributed by atoms with E-state index in [9.17, 15) is 20.0 Å². The first-order valence-electron chi connectivity index (χ1n) is 9.08. The summed E-state index contributed by atoms with van der Waals surface area (Å²) in [5, 5.41) is 20.4. The van der Waals surface area contributed by atoms with Crippen LogP contribution in [-0.2, 0) is 0 Å². The van der Waals surface area contributed by atoms with Crippen molar-refractivity contribution in [2.75, 3.05) is 0 Å². The normalized spacial score (nSPS) is 23.7. The molecular weight excluding hydrogens is 387 g/mol. The maximum absolute atomic E-state index is 13.3. The lowest BCUT2D eigenvalue weighted by Crippen LogP contribution is -2.29. The number of aromatic hydroxyl groups is 1. The summed E-state index contributed by atoms with van der Waals surface area (Å²) in [6, 6.07) is 1.74. The molecule has 1 heterocycles. The summed E-state index contributed by atoms with van der Waals surface area (Å²) < 4.78 is 1.35. The molecule has 2 aliphatic rings. The van der Waals surface area contributed by atoms with Gasteiger partial charge < -0.3 is 5.11 Å². The van der Waals surface area contributed by atoms with Crippen molar-refractivity contribution < 1.29 is 9.90 Å². The summed E-state index contributed by atoms with van der Waals surface area (Å²) in [7, 11) is 0. The fourth-order valence-electron chi connectivity index (χ4n) is 4.50. The molecule has 2 fully saturated rings. The first-order valence-corrected chi connectivity index (χ1v) is 9.83. The van der Waals surface area contributed by atoms with Gasteiger partial charge in [-0.15, -0.1) is 0 Å². The second kappa shape index (κ2) is 7.00. The Labute approximate surface area is 168 Å². The number of carbonyl (C=O) groups is 1. The summed E-state index contributed by atoms with van der Waals surface area (Å²) in [6.07, 6.45) is 5.03. The van der Waals surface area contributed by atoms with Gasteiger partial charge in [-0.3, -0.25) is 14.2 Å². The van der Waals surface area contributed by atoms with Crippen molar-refractivity contribution in [2.24, 2.45) is 17.3 Å². The molecule has 5 nitrogen and oxygen atoms in total. The molecular formula is C20H22Cl2N2O3. The number of nitriles is 1. The maximum Gasteiger partial charge on any atom is 0.271 e. The maximum atomic E-state index is 13.3. The van der Waals surface area contributed by atoms with Crippen molar-refractivity contribution in [3.05, 3.63) is 37.6 Å². The van der Waals surface area contributed by atoms with Crippen LogP contribution in [0.2, 0.25) is 0 Å². The Kier molecular flexibility index (Phi) is 5.18. The smallest absolute Gasteiger partial charge is 0.271 e. The summed E-state index contributed by atoms with van der Waals surface area (Å²) in [5.74, 6) is -1.19. The summed E-state index contributed by atoms with van der Waals surface area (Å²) in [6.45, 7) is 5.40. The van der Waals surface area contributed by atoms with Crippen LogP contribution >= 0.6 is 23.2 Å². The molecule has 1 aromatic rings. The average molecular weight is 409 g/mol. The van der Waals surface area contributed by atoms with Crippen LogP contribution in [0, 0.1) is 35.5 Å². The van der Waals surface area contributed by atoms with E-state index >= 15 is 0 Å². The fraction of sp³-hybridized carbons (Fsp3) is 0.550. The van der Waals surface area contributed by atoms with Gasteiger partial charge in [-0.2, -0.15) is 5.26 Å². The molecule has 0 saturated heterocycles. The SMILES string of the molecule is Cc1c(C(=O)C2C(C=C(Cl)Cl)C2(C)C)c(O)n(C2CCCC2)c(=O)c1C#N. The molecule has 0 spiro atoms. The number of rotatable bonds is 4. The minimum Gasteiger partial charge on any atom is -0.494 e. The number of allylic oxidation sites excluding steroid dienone is 1. The van der Waals surface area contributed by atoms with Crippen LogP contribution < -0.4 is 5.56 Å². The van der Waals surface area contributed by atoms with Gasteiger partial charge >= 0.3 is 0 Å². The fourth-order valence-corrected chi connectivity index (χ4v) is 4.77. The molecule has 7 heteroatoms.